The molecule has 4 aliphatic rings. The molecule has 7 heterocycles. The van der Waals surface area contributed by atoms with E-state index in [1.165, 1.54) is 0 Å². The van der Waals surface area contributed by atoms with Crippen LogP contribution in [0, 0.1) is 11.3 Å². The zero-order valence-corrected chi connectivity index (χ0v) is 74.5. The normalized spacial score (nSPS) is 14.1. The minimum atomic E-state index is -1.01. The Bertz CT molecular complexity index is 8620. The number of nitriles is 1. The molecule has 17 aromatic carbocycles. The summed E-state index contributed by atoms with van der Waals surface area (Å²) in [5.74, 6) is 8.27. The molecule has 0 N–H and O–H groups in total. The van der Waals surface area contributed by atoms with Crippen LogP contribution in [-0.4, -0.2) is 59.8 Å². The fraction of sp³-hybridized carbons (Fsp3) is 0.0242. The largest absolute Gasteiger partial charge is 0.457 e. The van der Waals surface area contributed by atoms with Crippen molar-refractivity contribution in [1.29, 1.82) is 5.26 Å². The summed E-state index contributed by atoms with van der Waals surface area (Å²) >= 11 is 0. The van der Waals surface area contributed by atoms with Gasteiger partial charge >= 0.3 is 0 Å². The van der Waals surface area contributed by atoms with Gasteiger partial charge in [-0.1, -0.05) is 364 Å². The fourth-order valence-corrected chi connectivity index (χ4v) is 20.8. The summed E-state index contributed by atoms with van der Waals surface area (Å²) in [6, 6.07) is 153. The number of hydrogen-bond donors (Lipinski definition) is 0. The number of aromatic nitrogens is 12. The molecule has 0 saturated heterocycles. The van der Waals surface area contributed by atoms with Crippen molar-refractivity contribution in [2.24, 2.45) is 0 Å². The van der Waals surface area contributed by atoms with Crippen LogP contribution in [-0.2, 0) is 17.3 Å². The van der Waals surface area contributed by atoms with E-state index in [1.807, 2.05) is 219 Å². The molecule has 15 heteroatoms. The SMILES string of the molecule is N#Cc1ccc(-c2cccc(-c3nc(-c4ccccc4)nc(-c4ccc5c(c4)Oc4ccccc4C54c5cc(Cc6cccc(-c7nc(-c8ccc(-c9ccccn9)cc8)cc(-c8ccc9c(c8)Oc8ccccc8C98c9ccccc9-c9cc(-c%10nc(-c%11ccccc%11)nc(-c%11ccccc%11)n%10)ccc98)n7)c6)ccc5-c5c(-c6nc(-c7ccccc7)nc(-c7ccccc7)n6)cccc54)n3)c2)cc1. The summed E-state index contributed by atoms with van der Waals surface area (Å²) in [6.45, 7) is 0. The van der Waals surface area contributed by atoms with Crippen LogP contribution in [0.15, 0.2) is 443 Å². The van der Waals surface area contributed by atoms with Gasteiger partial charge in [0.15, 0.2) is 58.2 Å². The van der Waals surface area contributed by atoms with Crippen molar-refractivity contribution in [3.8, 4) is 210 Å². The summed E-state index contributed by atoms with van der Waals surface area (Å²) in [4.78, 5) is 63.3. The molecule has 2 unspecified atom stereocenters. The van der Waals surface area contributed by atoms with E-state index in [-0.39, 0.29) is 0 Å². The molecule has 22 aromatic rings. The lowest BCUT2D eigenvalue weighted by molar-refractivity contribution is 0.436. The monoisotopic (exact) mass is 1780 g/mol. The van der Waals surface area contributed by atoms with Gasteiger partial charge in [-0.15, -0.1) is 0 Å². The highest BCUT2D eigenvalue weighted by Gasteiger charge is 2.54. The third kappa shape index (κ3) is 14.0. The van der Waals surface area contributed by atoms with Crippen LogP contribution >= 0.6 is 0 Å². The van der Waals surface area contributed by atoms with Gasteiger partial charge in [-0.25, -0.2) is 54.8 Å². The summed E-state index contributed by atoms with van der Waals surface area (Å²) in [5, 5.41) is 9.69. The first-order chi connectivity index (χ1) is 68.7. The number of hydrogen-bond acceptors (Lipinski definition) is 15. The number of benzene rings is 17. The highest BCUT2D eigenvalue weighted by atomic mass is 16.5. The van der Waals surface area contributed by atoms with Gasteiger partial charge in [-0.3, -0.25) is 4.98 Å². The standard InChI is InChI=1S/C124H75N13O2/c125-75-76-50-53-79(54-51-76)87-38-25-40-90(70-87)119-131-115(84-32-10-3-11-33-84)134-121(135-119)92-61-65-102-111(73-92)139-109-49-21-19-45-100(109)124(102)103-46-26-42-95(122-136-116(85-34-12-4-13-35-85)130-117(137-122)86-36-14-5-15-37-86)112(103)94-62-52-78(69-104(94)124)67-77-27-24-39-89(68-77)118-127-106(81-57-55-80(56-58-81)105-47-22-23-66-126-105)74-107(128-118)88-59-64-101-110(72-88)138-108-48-20-18-44-99(108)123(101)97-43-17-16-41-93(97)96-71-91(60-63-98(96)123)120-132-113(82-28-6-1-7-29-82)129-114(133-120)83-30-8-2-9-31-83/h1-66,68-74H,67H2. The van der Waals surface area contributed by atoms with E-state index >= 15 is 0 Å². The Balaban J connectivity index is 0.610. The predicted molar refractivity (Wildman–Crippen MR) is 545 cm³/mol. The van der Waals surface area contributed by atoms with Gasteiger partial charge in [0.2, 0.25) is 0 Å². The smallest absolute Gasteiger partial charge is 0.164 e. The Labute approximate surface area is 800 Å². The molecule has 2 aliphatic heterocycles. The average Bonchev–Trinajstić information content (AvgIpc) is 1.52. The lowest BCUT2D eigenvalue weighted by Gasteiger charge is -2.39. The molecule has 0 fully saturated rings. The molecule has 0 radical (unpaired) electrons. The van der Waals surface area contributed by atoms with Gasteiger partial charge in [0, 0.05) is 101 Å². The highest BCUT2D eigenvalue weighted by Crippen LogP contribution is 2.66. The van der Waals surface area contributed by atoms with E-state index in [4.69, 9.17) is 69.3 Å². The second-order valence-electron chi connectivity index (χ2n) is 35.2. The molecule has 0 amide bonds. The predicted octanol–water partition coefficient (Wildman–Crippen LogP) is 28.2. The van der Waals surface area contributed by atoms with Crippen molar-refractivity contribution in [2.45, 2.75) is 17.3 Å². The van der Waals surface area contributed by atoms with Gasteiger partial charge in [-0.2, -0.15) is 5.26 Å². The number of rotatable bonds is 16. The second-order valence-corrected chi connectivity index (χ2v) is 35.2. The summed E-state index contributed by atoms with van der Waals surface area (Å²) < 4.78 is 14.6. The van der Waals surface area contributed by atoms with E-state index in [0.717, 1.165) is 178 Å². The minimum absolute atomic E-state index is 0.467. The van der Waals surface area contributed by atoms with E-state index < -0.39 is 10.8 Å². The topological polar surface area (TPSA) is 197 Å². The third-order valence-electron chi connectivity index (χ3n) is 27.1. The lowest BCUT2D eigenvalue weighted by Crippen LogP contribution is -2.32. The van der Waals surface area contributed by atoms with Gasteiger partial charge < -0.3 is 9.47 Å². The van der Waals surface area contributed by atoms with E-state index in [9.17, 15) is 5.26 Å². The molecule has 15 nitrogen and oxygen atoms in total. The molecular formula is C124H75N13O2. The van der Waals surface area contributed by atoms with Crippen LogP contribution in [0.4, 0.5) is 0 Å². The molecule has 648 valence electrons. The molecule has 5 aromatic heterocycles. The highest BCUT2D eigenvalue weighted by molar-refractivity contribution is 5.97. The maximum absolute atomic E-state index is 9.69. The molecule has 2 spiro atoms. The Kier molecular flexibility index (Phi) is 19.4. The molecule has 139 heavy (non-hydrogen) atoms. The number of para-hydroxylation sites is 2. The van der Waals surface area contributed by atoms with Crippen molar-refractivity contribution < 1.29 is 9.47 Å². The first-order valence-corrected chi connectivity index (χ1v) is 46.3. The number of pyridine rings is 1. The first-order valence-electron chi connectivity index (χ1n) is 46.3. The second kappa shape index (κ2) is 33.4. The Morgan fingerprint density at radius 2 is 0.576 bits per heavy atom. The minimum Gasteiger partial charge on any atom is -0.457 e. The number of nitrogens with zero attached hydrogens (tertiary/aromatic N) is 13. The molecule has 2 atom stereocenters. The fourth-order valence-electron chi connectivity index (χ4n) is 20.8. The quantitative estimate of drug-likeness (QED) is 0.0885. The van der Waals surface area contributed by atoms with Crippen molar-refractivity contribution in [2.75, 3.05) is 0 Å². The number of fused-ring (bicyclic) bond motifs is 18. The van der Waals surface area contributed by atoms with Gasteiger partial charge in [0.25, 0.3) is 0 Å². The zero-order chi connectivity index (χ0) is 92.1. The van der Waals surface area contributed by atoms with Crippen molar-refractivity contribution in [1.82, 2.24) is 59.8 Å². The van der Waals surface area contributed by atoms with Crippen LogP contribution in [0.25, 0.3) is 181 Å². The van der Waals surface area contributed by atoms with Gasteiger partial charge in [0.1, 0.15) is 23.0 Å². The van der Waals surface area contributed by atoms with Gasteiger partial charge in [-0.05, 0) is 146 Å². The Hall–Kier alpha value is -18.9. The molecule has 0 bridgehead atoms. The first kappa shape index (κ1) is 80.9. The summed E-state index contributed by atoms with van der Waals surface area (Å²) in [6.07, 6.45) is 2.35. The summed E-state index contributed by atoms with van der Waals surface area (Å²) in [5.41, 5.74) is 28.9. The van der Waals surface area contributed by atoms with E-state index in [2.05, 4.69) is 231 Å². The van der Waals surface area contributed by atoms with Crippen molar-refractivity contribution in [3.05, 3.63) is 504 Å². The Morgan fingerprint density at radius 3 is 1.13 bits per heavy atom. The van der Waals surface area contributed by atoms with Crippen LogP contribution < -0.4 is 9.47 Å². The van der Waals surface area contributed by atoms with Crippen LogP contribution in [0.2, 0.25) is 0 Å². The average molecular weight is 1780 g/mol. The number of ether oxygens (including phenoxy) is 2. The van der Waals surface area contributed by atoms with Crippen LogP contribution in [0.1, 0.15) is 61.2 Å². The molecule has 0 saturated carbocycles. The van der Waals surface area contributed by atoms with Gasteiger partial charge in [0.05, 0.1) is 39.5 Å². The van der Waals surface area contributed by atoms with Crippen LogP contribution in [0.5, 0.6) is 23.0 Å². The van der Waals surface area contributed by atoms with Crippen molar-refractivity contribution >= 4 is 0 Å². The maximum Gasteiger partial charge on any atom is 0.164 e. The molecular weight excluding hydrogens is 1700 g/mol. The third-order valence-corrected chi connectivity index (χ3v) is 27.1. The van der Waals surface area contributed by atoms with Crippen molar-refractivity contribution in [3.63, 3.8) is 0 Å². The maximum atomic E-state index is 9.69. The summed E-state index contributed by atoms with van der Waals surface area (Å²) in [7, 11) is 0. The molecule has 2 aliphatic carbocycles. The molecule has 26 rings (SSSR count). The van der Waals surface area contributed by atoms with E-state index in [0.29, 0.717) is 93.2 Å². The Morgan fingerprint density at radius 1 is 0.201 bits per heavy atom. The zero-order valence-electron chi connectivity index (χ0n) is 74.5. The van der Waals surface area contributed by atoms with Crippen LogP contribution in [0.3, 0.4) is 0 Å². The lowest BCUT2D eigenvalue weighted by atomic mass is 9.65. The van der Waals surface area contributed by atoms with E-state index in [1.54, 1.807) is 0 Å².